The van der Waals surface area contributed by atoms with E-state index < -0.39 is 5.54 Å². The number of hydrogen-bond acceptors (Lipinski definition) is 5. The number of aromatic amines is 1. The summed E-state index contributed by atoms with van der Waals surface area (Å²) in [5.41, 5.74) is 3.67. The number of H-pyrrole nitrogens is 1. The van der Waals surface area contributed by atoms with Crippen LogP contribution < -0.4 is 24.7 Å². The van der Waals surface area contributed by atoms with Crippen LogP contribution in [0, 0.1) is 0 Å². The molecule has 3 aromatic rings. The lowest BCUT2D eigenvalue weighted by molar-refractivity contribution is -0.671. The van der Waals surface area contributed by atoms with E-state index in [1.807, 2.05) is 49.1 Å². The molecule has 1 fully saturated rings. The van der Waals surface area contributed by atoms with Crippen LogP contribution in [0.5, 0.6) is 11.5 Å². The van der Waals surface area contributed by atoms with E-state index >= 15 is 0 Å². The Bertz CT molecular complexity index is 1430. The molecule has 1 saturated heterocycles. The molecule has 1 unspecified atom stereocenters. The first kappa shape index (κ1) is 25.7. The summed E-state index contributed by atoms with van der Waals surface area (Å²) in [5, 5.41) is 6.80. The Morgan fingerprint density at radius 1 is 1.37 bits per heavy atom. The highest BCUT2D eigenvalue weighted by Crippen LogP contribution is 2.43. The van der Waals surface area contributed by atoms with Crippen molar-refractivity contribution in [3.05, 3.63) is 65.6 Å². The number of hydrogen-bond donors (Lipinski definition) is 3. The maximum atomic E-state index is 13.0. The number of benzene rings is 1. The van der Waals surface area contributed by atoms with E-state index in [0.717, 1.165) is 17.7 Å². The topological polar surface area (TPSA) is 99.6 Å². The molecule has 9 nitrogen and oxygen atoms in total. The van der Waals surface area contributed by atoms with Crippen molar-refractivity contribution >= 4 is 34.8 Å². The van der Waals surface area contributed by atoms with Crippen LogP contribution >= 0.6 is 11.6 Å². The van der Waals surface area contributed by atoms with Gasteiger partial charge >= 0.3 is 0 Å². The monoisotopic (exact) mass is 536 g/mol. The van der Waals surface area contributed by atoms with Crippen LogP contribution in [0.1, 0.15) is 29.4 Å². The Morgan fingerprint density at radius 3 is 2.89 bits per heavy atom. The van der Waals surface area contributed by atoms with E-state index in [-0.39, 0.29) is 11.8 Å². The molecule has 4 heterocycles. The number of para-hydroxylation sites is 1. The number of aromatic nitrogens is 2. The van der Waals surface area contributed by atoms with Gasteiger partial charge in [-0.1, -0.05) is 24.2 Å². The van der Waals surface area contributed by atoms with Crippen LogP contribution in [0.4, 0.5) is 11.4 Å². The largest absolute Gasteiger partial charge is 0.493 e. The lowest BCUT2D eigenvalue weighted by Crippen LogP contribution is -2.62. The second-order valence-electron chi connectivity index (χ2n) is 9.80. The lowest BCUT2D eigenvalue weighted by Gasteiger charge is -2.49. The number of anilines is 2. The molecule has 0 spiro atoms. The standard InChI is InChI=1S/C28H30ClN5O4/c1-5-22(35)34-14-11-28(34,2)16-38-21-15-33(3)13-10-17(21)24-25(23-19(31-24)9-12-30-27(23)36)32-20-8-6-7-18(29)26(20)37-4/h5-8,10,13,15H,1,9,11-12,14,16H2,2-4H3,(H2,30,31,32,36)/p+1. The van der Waals surface area contributed by atoms with Gasteiger partial charge in [0.1, 0.15) is 13.7 Å². The van der Waals surface area contributed by atoms with Gasteiger partial charge in [-0.15, -0.1) is 0 Å². The first-order valence-electron chi connectivity index (χ1n) is 12.4. The first-order valence-corrected chi connectivity index (χ1v) is 12.8. The van der Waals surface area contributed by atoms with Gasteiger partial charge in [0, 0.05) is 31.3 Å². The number of carbonyl (C=O) groups is 2. The maximum absolute atomic E-state index is 13.0. The number of likely N-dealkylation sites (tertiary alicyclic amines) is 1. The smallest absolute Gasteiger partial charge is 0.255 e. The fraction of sp³-hybridized carbons (Fsp3) is 0.321. The average Bonchev–Trinajstić information content (AvgIpc) is 3.26. The summed E-state index contributed by atoms with van der Waals surface area (Å²) >= 11 is 6.38. The van der Waals surface area contributed by atoms with E-state index in [4.69, 9.17) is 21.1 Å². The lowest BCUT2D eigenvalue weighted by atomic mass is 9.87. The second-order valence-corrected chi connectivity index (χ2v) is 10.2. The fourth-order valence-electron chi connectivity index (χ4n) is 5.02. The molecule has 0 saturated carbocycles. The van der Waals surface area contributed by atoms with Crippen molar-refractivity contribution in [2.45, 2.75) is 25.3 Å². The molecule has 0 aliphatic carbocycles. The van der Waals surface area contributed by atoms with Crippen molar-refractivity contribution in [1.29, 1.82) is 0 Å². The third-order valence-electron chi connectivity index (χ3n) is 7.23. The minimum atomic E-state index is -0.430. The quantitative estimate of drug-likeness (QED) is 0.301. The van der Waals surface area contributed by atoms with Gasteiger partial charge in [0.2, 0.25) is 12.1 Å². The second kappa shape index (κ2) is 10.1. The minimum absolute atomic E-state index is 0.105. The number of pyridine rings is 1. The number of fused-ring (bicyclic) bond motifs is 1. The van der Waals surface area contributed by atoms with Crippen LogP contribution in [0.15, 0.2) is 49.3 Å². The third kappa shape index (κ3) is 4.47. The summed E-state index contributed by atoms with van der Waals surface area (Å²) in [4.78, 5) is 30.6. The number of amides is 2. The highest BCUT2D eigenvalue weighted by molar-refractivity contribution is 6.32. The van der Waals surface area contributed by atoms with Gasteiger partial charge in [-0.2, -0.15) is 0 Å². The van der Waals surface area contributed by atoms with Gasteiger partial charge in [0.05, 0.1) is 45.9 Å². The van der Waals surface area contributed by atoms with Crippen LogP contribution in [0.25, 0.3) is 11.3 Å². The van der Waals surface area contributed by atoms with Crippen molar-refractivity contribution in [2.75, 3.05) is 32.1 Å². The summed E-state index contributed by atoms with van der Waals surface area (Å²) in [7, 11) is 3.47. The minimum Gasteiger partial charge on any atom is -0.493 e. The Morgan fingerprint density at radius 2 is 2.18 bits per heavy atom. The molecule has 0 radical (unpaired) electrons. The molecule has 1 aromatic carbocycles. The number of nitrogens with zero attached hydrogens (tertiary/aromatic N) is 2. The number of carbonyl (C=O) groups excluding carboxylic acids is 2. The summed E-state index contributed by atoms with van der Waals surface area (Å²) in [6.45, 7) is 7.16. The van der Waals surface area contributed by atoms with Gasteiger partial charge in [-0.05, 0) is 31.6 Å². The number of nitrogens with one attached hydrogen (secondary N) is 3. The van der Waals surface area contributed by atoms with E-state index in [0.29, 0.717) is 65.3 Å². The SMILES string of the molecule is C=CC(=O)N1CCC1(C)COc1c[n+](C)ccc1-c1[nH]c2c(c1Nc1cccc(Cl)c1OC)C(=O)NCC2. The third-order valence-corrected chi connectivity index (χ3v) is 7.53. The zero-order valence-electron chi connectivity index (χ0n) is 21.7. The van der Waals surface area contributed by atoms with Crippen molar-refractivity contribution in [3.8, 4) is 22.8 Å². The first-order chi connectivity index (χ1) is 18.3. The normalized spacial score (nSPS) is 18.2. The molecular weight excluding hydrogens is 506 g/mol. The van der Waals surface area contributed by atoms with Gasteiger partial charge < -0.3 is 30.0 Å². The summed E-state index contributed by atoms with van der Waals surface area (Å²) in [6, 6.07) is 7.36. The highest BCUT2D eigenvalue weighted by Gasteiger charge is 2.43. The van der Waals surface area contributed by atoms with E-state index in [1.54, 1.807) is 18.1 Å². The molecule has 198 valence electrons. The zero-order valence-corrected chi connectivity index (χ0v) is 22.4. The molecule has 38 heavy (non-hydrogen) atoms. The molecular formula is C28H31ClN5O4+. The number of ether oxygens (including phenoxy) is 2. The predicted octanol–water partition coefficient (Wildman–Crippen LogP) is 3.75. The fourth-order valence-corrected chi connectivity index (χ4v) is 5.28. The van der Waals surface area contributed by atoms with Crippen LogP contribution in [0.2, 0.25) is 5.02 Å². The predicted molar refractivity (Wildman–Crippen MR) is 145 cm³/mol. The number of aryl methyl sites for hydroxylation is 1. The maximum Gasteiger partial charge on any atom is 0.255 e. The van der Waals surface area contributed by atoms with E-state index in [2.05, 4.69) is 22.2 Å². The van der Waals surface area contributed by atoms with Gasteiger partial charge in [-0.3, -0.25) is 9.59 Å². The Balaban J connectivity index is 1.57. The summed E-state index contributed by atoms with van der Waals surface area (Å²) in [5.74, 6) is 0.828. The summed E-state index contributed by atoms with van der Waals surface area (Å²) < 4.78 is 13.8. The van der Waals surface area contributed by atoms with Crippen LogP contribution in [0.3, 0.4) is 0 Å². The van der Waals surface area contributed by atoms with Gasteiger partial charge in [0.15, 0.2) is 17.7 Å². The number of halogens is 1. The van der Waals surface area contributed by atoms with Gasteiger partial charge in [0.25, 0.3) is 5.91 Å². The molecule has 2 aliphatic heterocycles. The molecule has 2 aliphatic rings. The highest BCUT2D eigenvalue weighted by atomic mass is 35.5. The number of rotatable bonds is 8. The molecule has 3 N–H and O–H groups in total. The molecule has 2 amide bonds. The molecule has 5 rings (SSSR count). The van der Waals surface area contributed by atoms with Gasteiger partial charge in [-0.25, -0.2) is 4.57 Å². The molecule has 2 aromatic heterocycles. The van der Waals surface area contributed by atoms with E-state index in [1.165, 1.54) is 6.08 Å². The van der Waals surface area contributed by atoms with Crippen LogP contribution in [-0.2, 0) is 18.3 Å². The van der Waals surface area contributed by atoms with Crippen molar-refractivity contribution < 1.29 is 23.6 Å². The molecule has 10 heteroatoms. The molecule has 0 bridgehead atoms. The average molecular weight is 537 g/mol. The van der Waals surface area contributed by atoms with Crippen molar-refractivity contribution in [3.63, 3.8) is 0 Å². The number of methoxy groups -OCH3 is 1. The Kier molecular flexibility index (Phi) is 6.79. The van der Waals surface area contributed by atoms with Crippen molar-refractivity contribution in [2.24, 2.45) is 7.05 Å². The van der Waals surface area contributed by atoms with E-state index in [9.17, 15) is 9.59 Å². The van der Waals surface area contributed by atoms with Crippen LogP contribution in [-0.4, -0.2) is 54.0 Å². The molecule has 1 atom stereocenters. The summed E-state index contributed by atoms with van der Waals surface area (Å²) in [6.07, 6.45) is 6.64. The zero-order chi connectivity index (χ0) is 27.0. The Labute approximate surface area is 226 Å². The van der Waals surface area contributed by atoms with Crippen molar-refractivity contribution in [1.82, 2.24) is 15.2 Å². The Hall–Kier alpha value is -3.98.